The third kappa shape index (κ3) is 3.72. The second kappa shape index (κ2) is 8.24. The Hall–Kier alpha value is -2.51. The van der Waals surface area contributed by atoms with Crippen LogP contribution < -0.4 is 5.73 Å². The van der Waals surface area contributed by atoms with Gasteiger partial charge in [-0.05, 0) is 31.9 Å². The van der Waals surface area contributed by atoms with Crippen LogP contribution in [-0.2, 0) is 5.54 Å². The molecule has 1 aliphatic rings. The van der Waals surface area contributed by atoms with Crippen molar-refractivity contribution in [2.24, 2.45) is 10.9 Å². The van der Waals surface area contributed by atoms with Crippen LogP contribution in [0.25, 0.3) is 5.57 Å². The minimum absolute atomic E-state index is 0.0971. The lowest BCUT2D eigenvalue weighted by molar-refractivity contribution is 0.0670. The van der Waals surface area contributed by atoms with E-state index in [1.54, 1.807) is 29.3 Å². The number of hydrogen-bond donors (Lipinski definition) is 2. The molecule has 146 valence electrons. The highest BCUT2D eigenvalue weighted by atomic mass is 35.5. The van der Waals surface area contributed by atoms with Crippen molar-refractivity contribution in [1.29, 1.82) is 5.41 Å². The van der Waals surface area contributed by atoms with Crippen molar-refractivity contribution >= 4 is 40.6 Å². The molecule has 0 radical (unpaired) electrons. The van der Waals surface area contributed by atoms with Gasteiger partial charge in [0.1, 0.15) is 5.54 Å². The van der Waals surface area contributed by atoms with Gasteiger partial charge in [0.05, 0.1) is 5.56 Å². The Morgan fingerprint density at radius 3 is 2.61 bits per heavy atom. The molecule has 0 aliphatic carbocycles. The number of nitrogens with one attached hydrogen (secondary N) is 1. The SMILES string of the molecule is CC(N)=C(C=N)c1cc(C(=O)N2CCC(N=O)(c3ccccc3Cl)CC2)cs1. The van der Waals surface area contributed by atoms with Gasteiger partial charge in [0, 0.05) is 51.4 Å². The van der Waals surface area contributed by atoms with Crippen LogP contribution in [0, 0.1) is 10.3 Å². The number of nitrogens with zero attached hydrogens (tertiary/aromatic N) is 2. The largest absolute Gasteiger partial charge is 0.402 e. The van der Waals surface area contributed by atoms with Crippen LogP contribution in [0.5, 0.6) is 0 Å². The van der Waals surface area contributed by atoms with E-state index in [4.69, 9.17) is 22.7 Å². The quantitative estimate of drug-likeness (QED) is 0.548. The summed E-state index contributed by atoms with van der Waals surface area (Å²) in [5.74, 6) is -0.0971. The maximum Gasteiger partial charge on any atom is 0.254 e. The second-order valence-corrected chi connectivity index (χ2v) is 8.15. The van der Waals surface area contributed by atoms with E-state index >= 15 is 0 Å². The molecule has 0 unspecified atom stereocenters. The monoisotopic (exact) mass is 416 g/mol. The zero-order chi connectivity index (χ0) is 20.3. The van der Waals surface area contributed by atoms with Crippen molar-refractivity contribution in [2.45, 2.75) is 25.3 Å². The third-order valence-corrected chi connectivity index (χ3v) is 6.40. The summed E-state index contributed by atoms with van der Waals surface area (Å²) in [4.78, 5) is 27.1. The fourth-order valence-corrected chi connectivity index (χ4v) is 4.76. The van der Waals surface area contributed by atoms with Crippen molar-refractivity contribution in [3.63, 3.8) is 0 Å². The highest BCUT2D eigenvalue weighted by molar-refractivity contribution is 7.11. The number of carbonyl (C=O) groups excluding carboxylic acids is 1. The van der Waals surface area contributed by atoms with Gasteiger partial charge in [-0.25, -0.2) is 0 Å². The highest BCUT2D eigenvalue weighted by Crippen LogP contribution is 2.40. The van der Waals surface area contributed by atoms with Crippen LogP contribution in [0.3, 0.4) is 0 Å². The summed E-state index contributed by atoms with van der Waals surface area (Å²) in [6.07, 6.45) is 2.05. The van der Waals surface area contributed by atoms with E-state index in [2.05, 4.69) is 5.18 Å². The van der Waals surface area contributed by atoms with Crippen LogP contribution in [0.15, 0.2) is 46.6 Å². The molecule has 0 bridgehead atoms. The summed E-state index contributed by atoms with van der Waals surface area (Å²) < 4.78 is 0. The fraction of sp³-hybridized carbons (Fsp3) is 0.300. The zero-order valence-corrected chi connectivity index (χ0v) is 17.0. The van der Waals surface area contributed by atoms with Gasteiger partial charge in [0.15, 0.2) is 0 Å². The standard InChI is InChI=1S/C20H21ClN4O2S/c1-13(23)15(11-22)18-10-14(12-28-18)19(26)25-8-6-20(24-27,7-9-25)16-4-2-3-5-17(16)21/h2-5,10-12,22H,6-9,23H2,1H3. The Labute approximate surface area is 172 Å². The van der Waals surface area contributed by atoms with Crippen molar-refractivity contribution in [3.8, 4) is 0 Å². The van der Waals surface area contributed by atoms with Gasteiger partial charge >= 0.3 is 0 Å². The molecule has 0 atom stereocenters. The molecule has 1 aliphatic heterocycles. The van der Waals surface area contributed by atoms with Crippen molar-refractivity contribution in [2.75, 3.05) is 13.1 Å². The van der Waals surface area contributed by atoms with Crippen LogP contribution in [0.4, 0.5) is 0 Å². The molecule has 8 heteroatoms. The molecular weight excluding hydrogens is 396 g/mol. The minimum Gasteiger partial charge on any atom is -0.402 e. The molecule has 1 aromatic carbocycles. The number of allylic oxidation sites excluding steroid dienone is 2. The average Bonchev–Trinajstić information content (AvgIpc) is 3.18. The number of halogens is 1. The molecule has 2 heterocycles. The zero-order valence-electron chi connectivity index (χ0n) is 15.4. The Bertz CT molecular complexity index is 941. The van der Waals surface area contributed by atoms with Gasteiger partial charge < -0.3 is 16.0 Å². The molecule has 3 N–H and O–H groups in total. The van der Waals surface area contributed by atoms with E-state index < -0.39 is 5.54 Å². The molecule has 6 nitrogen and oxygen atoms in total. The van der Waals surface area contributed by atoms with Crippen LogP contribution in [0.2, 0.25) is 5.02 Å². The maximum absolute atomic E-state index is 12.9. The molecular formula is C20H21ClN4O2S. The molecule has 2 aromatic rings. The molecule has 3 rings (SSSR count). The number of amides is 1. The lowest BCUT2D eigenvalue weighted by Gasteiger charge is -2.37. The molecule has 1 amide bonds. The smallest absolute Gasteiger partial charge is 0.254 e. The molecule has 0 spiro atoms. The maximum atomic E-state index is 12.9. The Kier molecular flexibility index (Phi) is 5.96. The Morgan fingerprint density at radius 1 is 1.36 bits per heavy atom. The topological polar surface area (TPSA) is 99.6 Å². The normalized spacial score (nSPS) is 17.0. The number of piperidine rings is 1. The predicted octanol–water partition coefficient (Wildman–Crippen LogP) is 4.64. The summed E-state index contributed by atoms with van der Waals surface area (Å²) in [7, 11) is 0. The van der Waals surface area contributed by atoms with E-state index in [-0.39, 0.29) is 5.91 Å². The first-order valence-corrected chi connectivity index (χ1v) is 10.1. The number of thiophene rings is 1. The van der Waals surface area contributed by atoms with Gasteiger partial charge in [-0.3, -0.25) is 4.79 Å². The summed E-state index contributed by atoms with van der Waals surface area (Å²) >= 11 is 7.66. The first-order chi connectivity index (χ1) is 13.4. The van der Waals surface area contributed by atoms with E-state index in [1.807, 2.05) is 18.2 Å². The number of hydrogen-bond acceptors (Lipinski definition) is 6. The second-order valence-electron chi connectivity index (χ2n) is 6.84. The summed E-state index contributed by atoms with van der Waals surface area (Å²) in [6.45, 7) is 2.57. The van der Waals surface area contributed by atoms with Crippen molar-refractivity contribution < 1.29 is 4.79 Å². The number of carbonyl (C=O) groups is 1. The number of rotatable bonds is 5. The van der Waals surface area contributed by atoms with Crippen molar-refractivity contribution in [1.82, 2.24) is 4.90 Å². The van der Waals surface area contributed by atoms with E-state index in [1.165, 1.54) is 17.6 Å². The Morgan fingerprint density at radius 2 is 2.04 bits per heavy atom. The molecule has 28 heavy (non-hydrogen) atoms. The molecule has 1 fully saturated rings. The van der Waals surface area contributed by atoms with Gasteiger partial charge in [-0.1, -0.05) is 35.0 Å². The minimum atomic E-state index is -0.901. The van der Waals surface area contributed by atoms with Gasteiger partial charge in [-0.2, -0.15) is 0 Å². The lowest BCUT2D eigenvalue weighted by atomic mass is 9.81. The van der Waals surface area contributed by atoms with Crippen LogP contribution >= 0.6 is 22.9 Å². The highest BCUT2D eigenvalue weighted by Gasteiger charge is 2.40. The molecule has 1 aromatic heterocycles. The first kappa shape index (κ1) is 20.2. The lowest BCUT2D eigenvalue weighted by Crippen LogP contribution is -2.44. The fourth-order valence-electron chi connectivity index (χ4n) is 3.48. The van der Waals surface area contributed by atoms with Crippen molar-refractivity contribution in [3.05, 3.63) is 67.3 Å². The number of nitroso groups, excluding NO2 is 1. The summed E-state index contributed by atoms with van der Waals surface area (Å²) in [5, 5.41) is 13.2. The number of nitrogens with two attached hydrogens (primary N) is 1. The molecule has 0 saturated carbocycles. The number of benzene rings is 1. The van der Waals surface area contributed by atoms with Crippen LogP contribution in [-0.4, -0.2) is 30.1 Å². The van der Waals surface area contributed by atoms with Gasteiger partial charge in [-0.15, -0.1) is 16.2 Å². The average molecular weight is 417 g/mol. The van der Waals surface area contributed by atoms with Gasteiger partial charge in [0.25, 0.3) is 5.91 Å². The Balaban J connectivity index is 1.76. The van der Waals surface area contributed by atoms with E-state index in [0.717, 1.165) is 10.4 Å². The number of likely N-dealkylation sites (tertiary alicyclic amines) is 1. The third-order valence-electron chi connectivity index (χ3n) is 5.11. The van der Waals surface area contributed by atoms with E-state index in [9.17, 15) is 9.70 Å². The van der Waals surface area contributed by atoms with Gasteiger partial charge in [0.2, 0.25) is 0 Å². The predicted molar refractivity (Wildman–Crippen MR) is 114 cm³/mol. The van der Waals surface area contributed by atoms with E-state index in [0.29, 0.717) is 47.8 Å². The molecule has 1 saturated heterocycles. The first-order valence-electron chi connectivity index (χ1n) is 8.86. The summed E-state index contributed by atoms with van der Waals surface area (Å²) in [6, 6.07) is 9.00. The summed E-state index contributed by atoms with van der Waals surface area (Å²) in [5.41, 5.74) is 7.34. The van der Waals surface area contributed by atoms with Crippen LogP contribution in [0.1, 0.15) is 40.6 Å².